The standard InChI is InChI=1S/C51H98NO12P/c1-3-5-7-9-11-13-15-17-19-20-21-22-23-25-27-29-31-33-35-37-39-44(54)43(41-63-65(61,62)64-51-49(59)47(57)46(56)48(58)50(51)60)52-45(55)40-42(53)38-36-34-32-30-28-26-24-18-16-14-12-10-8-6-4-2/h18,24,37,39,42-44,46-51,53-54,56-60H,3-17,19-23,25-36,38,40-41H2,1-2H3,(H,52,55)(H,61,62)/b24-18-,39-37+. The first-order chi connectivity index (χ1) is 31.3. The number of carbonyl (C=O) groups is 1. The zero-order valence-corrected chi connectivity index (χ0v) is 41.8. The van der Waals surface area contributed by atoms with Crippen LogP contribution >= 0.6 is 7.82 Å². The molecule has 0 radical (unpaired) electrons. The SMILES string of the molecule is CCCCCCCC/C=C\CCCCCCCC(O)CC(=O)NC(COP(=O)(O)OC1C(O)C(O)C(O)C(O)C1O)C(O)/C=C/CCCCCCCCCCCCCCCCCCCC. The number of unbranched alkanes of at least 4 members (excludes halogenated alkanes) is 29. The van der Waals surface area contributed by atoms with E-state index in [9.17, 15) is 50.0 Å². The number of phosphoric acid groups is 1. The van der Waals surface area contributed by atoms with Gasteiger partial charge < -0.3 is 46.0 Å². The average molecular weight is 948 g/mol. The van der Waals surface area contributed by atoms with Crippen molar-refractivity contribution in [2.75, 3.05) is 6.61 Å². The van der Waals surface area contributed by atoms with Crippen molar-refractivity contribution in [3.8, 4) is 0 Å². The number of allylic oxidation sites excluding steroid dienone is 3. The molecule has 384 valence electrons. The van der Waals surface area contributed by atoms with Gasteiger partial charge in [0.15, 0.2) is 0 Å². The van der Waals surface area contributed by atoms with Crippen LogP contribution in [0.2, 0.25) is 0 Å². The molecule has 1 amide bonds. The van der Waals surface area contributed by atoms with Crippen molar-refractivity contribution in [2.45, 2.75) is 287 Å². The van der Waals surface area contributed by atoms with Gasteiger partial charge in [0, 0.05) is 0 Å². The van der Waals surface area contributed by atoms with E-state index in [1.807, 2.05) is 0 Å². The fraction of sp³-hybridized carbons (Fsp3) is 0.902. The van der Waals surface area contributed by atoms with Crippen molar-refractivity contribution in [3.63, 3.8) is 0 Å². The highest BCUT2D eigenvalue weighted by Gasteiger charge is 2.51. The monoisotopic (exact) mass is 948 g/mol. The second kappa shape index (κ2) is 40.6. The molecule has 8 unspecified atom stereocenters. The summed E-state index contributed by atoms with van der Waals surface area (Å²) >= 11 is 0. The maximum atomic E-state index is 13.0. The van der Waals surface area contributed by atoms with Crippen molar-refractivity contribution < 1.29 is 59.0 Å². The van der Waals surface area contributed by atoms with Crippen LogP contribution < -0.4 is 5.32 Å². The van der Waals surface area contributed by atoms with Crippen LogP contribution in [0, 0.1) is 0 Å². The molecule has 0 aromatic rings. The number of aliphatic hydroxyl groups is 7. The molecular formula is C51H98NO12P. The zero-order valence-electron chi connectivity index (χ0n) is 40.9. The average Bonchev–Trinajstić information content (AvgIpc) is 3.28. The van der Waals surface area contributed by atoms with E-state index in [4.69, 9.17) is 9.05 Å². The maximum absolute atomic E-state index is 13.0. The fourth-order valence-corrected chi connectivity index (χ4v) is 9.44. The Balaban J connectivity index is 2.48. The summed E-state index contributed by atoms with van der Waals surface area (Å²) in [5.74, 6) is -0.596. The lowest BCUT2D eigenvalue weighted by atomic mass is 9.85. The third-order valence-electron chi connectivity index (χ3n) is 12.8. The Labute approximate surface area is 394 Å². The molecule has 9 N–H and O–H groups in total. The highest BCUT2D eigenvalue weighted by Crippen LogP contribution is 2.47. The van der Waals surface area contributed by atoms with Crippen molar-refractivity contribution >= 4 is 13.7 Å². The molecule has 0 aromatic heterocycles. The van der Waals surface area contributed by atoms with E-state index in [1.165, 1.54) is 141 Å². The minimum Gasteiger partial charge on any atom is -0.393 e. The highest BCUT2D eigenvalue weighted by atomic mass is 31.2. The van der Waals surface area contributed by atoms with E-state index in [2.05, 4.69) is 31.3 Å². The van der Waals surface area contributed by atoms with Gasteiger partial charge in [0.1, 0.15) is 36.6 Å². The molecule has 0 aliphatic heterocycles. The van der Waals surface area contributed by atoms with Crippen molar-refractivity contribution in [2.24, 2.45) is 0 Å². The Hall–Kier alpha value is -1.22. The number of phosphoric ester groups is 1. The quantitative estimate of drug-likeness (QED) is 0.0158. The molecule has 1 saturated carbocycles. The summed E-state index contributed by atoms with van der Waals surface area (Å²) in [5.41, 5.74) is 0. The minimum atomic E-state index is -5.15. The van der Waals surface area contributed by atoms with Crippen LogP contribution in [0.1, 0.15) is 232 Å². The normalized spacial score (nSPS) is 22.7. The number of hydrogen-bond donors (Lipinski definition) is 9. The largest absolute Gasteiger partial charge is 0.472 e. The molecule has 8 atom stereocenters. The van der Waals surface area contributed by atoms with Gasteiger partial charge in [0.05, 0.1) is 31.3 Å². The third kappa shape index (κ3) is 32.3. The van der Waals surface area contributed by atoms with Gasteiger partial charge in [0.2, 0.25) is 5.91 Å². The summed E-state index contributed by atoms with van der Waals surface area (Å²) < 4.78 is 22.9. The topological polar surface area (TPSA) is 226 Å². The molecule has 14 heteroatoms. The van der Waals surface area contributed by atoms with Gasteiger partial charge in [-0.3, -0.25) is 13.8 Å². The zero-order chi connectivity index (χ0) is 48.0. The Morgan fingerprint density at radius 1 is 0.538 bits per heavy atom. The Morgan fingerprint density at radius 3 is 1.31 bits per heavy atom. The summed E-state index contributed by atoms with van der Waals surface area (Å²) in [6.07, 6.45) is 32.6. The molecule has 0 spiro atoms. The van der Waals surface area contributed by atoms with E-state index in [-0.39, 0.29) is 6.42 Å². The highest BCUT2D eigenvalue weighted by molar-refractivity contribution is 7.47. The molecule has 1 rings (SSSR count). The van der Waals surface area contributed by atoms with E-state index in [0.717, 1.165) is 64.2 Å². The number of rotatable bonds is 44. The minimum absolute atomic E-state index is 0.249. The molecule has 1 aliphatic carbocycles. The number of carbonyl (C=O) groups excluding carboxylic acids is 1. The Bertz CT molecular complexity index is 1210. The first kappa shape index (κ1) is 61.8. The molecule has 0 aromatic carbocycles. The van der Waals surface area contributed by atoms with Gasteiger partial charge in [-0.2, -0.15) is 0 Å². The van der Waals surface area contributed by atoms with E-state index in [0.29, 0.717) is 12.8 Å². The van der Waals surface area contributed by atoms with Gasteiger partial charge in [-0.1, -0.05) is 205 Å². The van der Waals surface area contributed by atoms with Crippen molar-refractivity contribution in [1.29, 1.82) is 0 Å². The predicted octanol–water partition coefficient (Wildman–Crippen LogP) is 9.93. The summed E-state index contributed by atoms with van der Waals surface area (Å²) in [4.78, 5) is 23.5. The lowest BCUT2D eigenvalue weighted by Crippen LogP contribution is -2.64. The van der Waals surface area contributed by atoms with Gasteiger partial charge in [-0.25, -0.2) is 4.57 Å². The fourth-order valence-electron chi connectivity index (χ4n) is 8.47. The molecule has 13 nitrogen and oxygen atoms in total. The molecule has 0 heterocycles. The van der Waals surface area contributed by atoms with Gasteiger partial charge in [-0.15, -0.1) is 0 Å². The number of amides is 1. The van der Waals surface area contributed by atoms with E-state index >= 15 is 0 Å². The van der Waals surface area contributed by atoms with Crippen LogP contribution in [0.15, 0.2) is 24.3 Å². The van der Waals surface area contributed by atoms with Crippen LogP contribution in [0.3, 0.4) is 0 Å². The van der Waals surface area contributed by atoms with Crippen LogP contribution in [0.4, 0.5) is 0 Å². The van der Waals surface area contributed by atoms with Crippen LogP contribution in [0.5, 0.6) is 0 Å². The first-order valence-corrected chi connectivity index (χ1v) is 27.9. The van der Waals surface area contributed by atoms with Gasteiger partial charge >= 0.3 is 7.82 Å². The number of hydrogen-bond acceptors (Lipinski definition) is 11. The molecule has 0 bridgehead atoms. The summed E-state index contributed by atoms with van der Waals surface area (Å²) in [6.45, 7) is 3.76. The first-order valence-electron chi connectivity index (χ1n) is 26.4. The molecule has 1 aliphatic rings. The van der Waals surface area contributed by atoms with E-state index < -0.39 is 75.2 Å². The summed E-state index contributed by atoms with van der Waals surface area (Å²) in [7, 11) is -5.15. The van der Waals surface area contributed by atoms with Gasteiger partial charge in [0.25, 0.3) is 0 Å². The smallest absolute Gasteiger partial charge is 0.393 e. The van der Waals surface area contributed by atoms with Crippen molar-refractivity contribution in [3.05, 3.63) is 24.3 Å². The van der Waals surface area contributed by atoms with E-state index in [1.54, 1.807) is 6.08 Å². The molecule has 1 fully saturated rings. The Morgan fingerprint density at radius 2 is 0.892 bits per heavy atom. The lowest BCUT2D eigenvalue weighted by molar-refractivity contribution is -0.220. The molecule has 65 heavy (non-hydrogen) atoms. The second-order valence-corrected chi connectivity index (χ2v) is 20.3. The third-order valence-corrected chi connectivity index (χ3v) is 13.8. The maximum Gasteiger partial charge on any atom is 0.472 e. The van der Waals surface area contributed by atoms with Crippen molar-refractivity contribution in [1.82, 2.24) is 5.32 Å². The second-order valence-electron chi connectivity index (χ2n) is 18.9. The predicted molar refractivity (Wildman–Crippen MR) is 261 cm³/mol. The van der Waals surface area contributed by atoms with Crippen LogP contribution in [-0.4, -0.2) is 108 Å². The molecule has 0 saturated heterocycles. The van der Waals surface area contributed by atoms with Crippen LogP contribution in [-0.2, 0) is 18.4 Å². The summed E-state index contributed by atoms with van der Waals surface area (Å²) in [5, 5.41) is 74.7. The Kier molecular flexibility index (Phi) is 38.6. The summed E-state index contributed by atoms with van der Waals surface area (Å²) in [6, 6.07) is -1.24. The van der Waals surface area contributed by atoms with Crippen LogP contribution in [0.25, 0.3) is 0 Å². The van der Waals surface area contributed by atoms with Gasteiger partial charge in [-0.05, 0) is 44.9 Å². The molecular weight excluding hydrogens is 850 g/mol. The lowest BCUT2D eigenvalue weighted by Gasteiger charge is -2.41. The number of nitrogens with one attached hydrogen (secondary N) is 1. The number of aliphatic hydroxyl groups excluding tert-OH is 7.